The van der Waals surface area contributed by atoms with Crippen LogP contribution >= 0.6 is 0 Å². The number of nitrogens with two attached hydrogens (primary N) is 1. The first kappa shape index (κ1) is 14.6. The molecule has 1 aromatic rings. The number of benzene rings is 1. The first-order valence-corrected chi connectivity index (χ1v) is 5.95. The van der Waals surface area contributed by atoms with Gasteiger partial charge in [-0.25, -0.2) is 0 Å². The predicted octanol–water partition coefficient (Wildman–Crippen LogP) is 1.45. The number of rotatable bonds is 9. The molecule has 0 fully saturated rings. The molecule has 0 aliphatic carbocycles. The summed E-state index contributed by atoms with van der Waals surface area (Å²) in [5.74, 6) is 1.95. The Morgan fingerprint density at radius 1 is 1.00 bits per heavy atom. The van der Waals surface area contributed by atoms with Crippen molar-refractivity contribution in [2.45, 2.75) is 6.42 Å². The summed E-state index contributed by atoms with van der Waals surface area (Å²) in [7, 11) is 3.21. The minimum absolute atomic E-state index is 0.543. The van der Waals surface area contributed by atoms with E-state index in [1.165, 1.54) is 0 Å². The van der Waals surface area contributed by atoms with Gasteiger partial charge >= 0.3 is 0 Å². The lowest BCUT2D eigenvalue weighted by Crippen LogP contribution is -2.11. The smallest absolute Gasteiger partial charge is 0.203 e. The van der Waals surface area contributed by atoms with Crippen molar-refractivity contribution in [3.8, 4) is 17.2 Å². The highest BCUT2D eigenvalue weighted by atomic mass is 16.5. The zero-order valence-corrected chi connectivity index (χ0v) is 11.0. The predicted molar refractivity (Wildman–Crippen MR) is 69.5 cm³/mol. The van der Waals surface area contributed by atoms with Crippen LogP contribution in [0.1, 0.15) is 6.42 Å². The Bertz CT molecular complexity index is 322. The maximum atomic E-state index is 5.67. The Morgan fingerprint density at radius 3 is 2.22 bits per heavy atom. The van der Waals surface area contributed by atoms with Gasteiger partial charge in [0.25, 0.3) is 0 Å². The fourth-order valence-corrected chi connectivity index (χ4v) is 1.48. The van der Waals surface area contributed by atoms with Crippen molar-refractivity contribution in [1.29, 1.82) is 0 Å². The Labute approximate surface area is 108 Å². The molecule has 2 N–H and O–H groups in total. The number of ether oxygens (including phenoxy) is 4. The molecular formula is C13H21NO4. The molecule has 1 rings (SSSR count). The highest BCUT2D eigenvalue weighted by molar-refractivity contribution is 5.51. The van der Waals surface area contributed by atoms with Gasteiger partial charge in [0.15, 0.2) is 11.5 Å². The van der Waals surface area contributed by atoms with Crippen molar-refractivity contribution in [2.75, 3.05) is 40.6 Å². The van der Waals surface area contributed by atoms with Crippen LogP contribution in [-0.4, -0.2) is 40.6 Å². The van der Waals surface area contributed by atoms with E-state index in [0.717, 1.165) is 6.42 Å². The van der Waals surface area contributed by atoms with Gasteiger partial charge in [0.05, 0.1) is 27.4 Å². The summed E-state index contributed by atoms with van der Waals surface area (Å²) in [6, 6.07) is 5.53. The highest BCUT2D eigenvalue weighted by Crippen LogP contribution is 2.36. The van der Waals surface area contributed by atoms with Crippen LogP contribution in [0, 0.1) is 0 Å². The van der Waals surface area contributed by atoms with E-state index < -0.39 is 0 Å². The summed E-state index contributed by atoms with van der Waals surface area (Å²) < 4.78 is 21.4. The minimum atomic E-state index is 0.543. The van der Waals surface area contributed by atoms with E-state index in [1.54, 1.807) is 14.2 Å². The average Bonchev–Trinajstić information content (AvgIpc) is 2.42. The lowest BCUT2D eigenvalue weighted by atomic mass is 10.3. The quantitative estimate of drug-likeness (QED) is 0.677. The van der Waals surface area contributed by atoms with Crippen molar-refractivity contribution < 1.29 is 18.9 Å². The molecule has 102 valence electrons. The van der Waals surface area contributed by atoms with Crippen LogP contribution in [0.25, 0.3) is 0 Å². The molecule has 0 aliphatic rings. The van der Waals surface area contributed by atoms with Gasteiger partial charge in [0.2, 0.25) is 5.75 Å². The van der Waals surface area contributed by atoms with Crippen molar-refractivity contribution >= 4 is 0 Å². The molecule has 0 aromatic heterocycles. The van der Waals surface area contributed by atoms with Crippen molar-refractivity contribution in [2.24, 2.45) is 5.73 Å². The van der Waals surface area contributed by atoms with Crippen LogP contribution in [-0.2, 0) is 4.74 Å². The maximum Gasteiger partial charge on any atom is 0.203 e. The number of methoxy groups -OCH3 is 2. The van der Waals surface area contributed by atoms with Crippen molar-refractivity contribution in [1.82, 2.24) is 0 Å². The van der Waals surface area contributed by atoms with Crippen molar-refractivity contribution in [3.63, 3.8) is 0 Å². The highest BCUT2D eigenvalue weighted by Gasteiger charge is 2.10. The molecule has 5 heteroatoms. The van der Waals surface area contributed by atoms with E-state index in [9.17, 15) is 0 Å². The van der Waals surface area contributed by atoms with Crippen LogP contribution < -0.4 is 19.9 Å². The third kappa shape index (κ3) is 4.43. The third-order valence-corrected chi connectivity index (χ3v) is 2.32. The summed E-state index contributed by atoms with van der Waals surface area (Å²) in [5, 5.41) is 0. The molecular weight excluding hydrogens is 234 g/mol. The van der Waals surface area contributed by atoms with Crippen LogP contribution in [0.15, 0.2) is 18.2 Å². The van der Waals surface area contributed by atoms with Gasteiger partial charge in [-0.05, 0) is 12.1 Å². The molecule has 0 aliphatic heterocycles. The van der Waals surface area contributed by atoms with Gasteiger partial charge < -0.3 is 24.7 Å². The molecule has 0 heterocycles. The molecule has 18 heavy (non-hydrogen) atoms. The molecule has 1 aromatic carbocycles. The van der Waals surface area contributed by atoms with E-state index >= 15 is 0 Å². The maximum absolute atomic E-state index is 5.67. The fourth-order valence-electron chi connectivity index (χ4n) is 1.48. The van der Waals surface area contributed by atoms with Crippen LogP contribution in [0.3, 0.4) is 0 Å². The zero-order valence-electron chi connectivity index (χ0n) is 11.0. The molecule has 0 amide bonds. The standard InChI is InChI=1S/C13H21NO4/c1-15-11-5-3-6-12(16-2)13(11)18-9-4-8-17-10-7-14/h3,5-6H,4,7-10,14H2,1-2H3. The molecule has 0 saturated carbocycles. The second-order valence-corrected chi connectivity index (χ2v) is 3.59. The van der Waals surface area contributed by atoms with Crippen LogP contribution in [0.2, 0.25) is 0 Å². The molecule has 5 nitrogen and oxygen atoms in total. The van der Waals surface area contributed by atoms with Gasteiger partial charge in [-0.15, -0.1) is 0 Å². The minimum Gasteiger partial charge on any atom is -0.493 e. The van der Waals surface area contributed by atoms with Gasteiger partial charge in [0.1, 0.15) is 0 Å². The number of hydrogen-bond donors (Lipinski definition) is 1. The molecule has 0 spiro atoms. The van der Waals surface area contributed by atoms with Gasteiger partial charge in [0, 0.05) is 19.6 Å². The van der Waals surface area contributed by atoms with Gasteiger partial charge in [-0.1, -0.05) is 6.07 Å². The Morgan fingerprint density at radius 2 is 1.67 bits per heavy atom. The molecule has 0 unspecified atom stereocenters. The van der Waals surface area contributed by atoms with Crippen molar-refractivity contribution in [3.05, 3.63) is 18.2 Å². The van der Waals surface area contributed by atoms with E-state index in [4.69, 9.17) is 24.7 Å². The number of para-hydroxylation sites is 1. The fraction of sp³-hybridized carbons (Fsp3) is 0.538. The van der Waals surface area contributed by atoms with E-state index in [0.29, 0.717) is 43.6 Å². The topological polar surface area (TPSA) is 62.9 Å². The molecule has 0 atom stereocenters. The monoisotopic (exact) mass is 255 g/mol. The van der Waals surface area contributed by atoms with E-state index in [2.05, 4.69) is 0 Å². The van der Waals surface area contributed by atoms with Gasteiger partial charge in [-0.3, -0.25) is 0 Å². The summed E-state index contributed by atoms with van der Waals surface area (Å²) >= 11 is 0. The summed E-state index contributed by atoms with van der Waals surface area (Å²) in [4.78, 5) is 0. The zero-order chi connectivity index (χ0) is 13.2. The summed E-state index contributed by atoms with van der Waals surface area (Å²) in [6.45, 7) is 2.30. The molecule has 0 radical (unpaired) electrons. The first-order valence-electron chi connectivity index (χ1n) is 5.95. The van der Waals surface area contributed by atoms with E-state index in [1.807, 2.05) is 18.2 Å². The lowest BCUT2D eigenvalue weighted by molar-refractivity contribution is 0.124. The normalized spacial score (nSPS) is 10.2. The Balaban J connectivity index is 2.45. The second-order valence-electron chi connectivity index (χ2n) is 3.59. The first-order chi connectivity index (χ1) is 8.83. The Kier molecular flexibility index (Phi) is 6.98. The largest absolute Gasteiger partial charge is 0.493 e. The van der Waals surface area contributed by atoms with Crippen LogP contribution in [0.5, 0.6) is 17.2 Å². The number of hydrogen-bond acceptors (Lipinski definition) is 5. The average molecular weight is 255 g/mol. The SMILES string of the molecule is COc1cccc(OC)c1OCCCOCCN. The van der Waals surface area contributed by atoms with Gasteiger partial charge in [-0.2, -0.15) is 0 Å². The summed E-state index contributed by atoms with van der Waals surface area (Å²) in [6.07, 6.45) is 0.793. The van der Waals surface area contributed by atoms with E-state index in [-0.39, 0.29) is 0 Å². The third-order valence-electron chi connectivity index (χ3n) is 2.32. The molecule has 0 saturated heterocycles. The Hall–Kier alpha value is -1.46. The molecule has 0 bridgehead atoms. The van der Waals surface area contributed by atoms with Crippen LogP contribution in [0.4, 0.5) is 0 Å². The lowest BCUT2D eigenvalue weighted by Gasteiger charge is -2.13. The summed E-state index contributed by atoms with van der Waals surface area (Å²) in [5.41, 5.74) is 5.32. The second kappa shape index (κ2) is 8.60.